The van der Waals surface area contributed by atoms with E-state index in [1.54, 1.807) is 13.8 Å². The number of hydrogen-bond donors (Lipinski definition) is 4. The topological polar surface area (TPSA) is 134 Å². The maximum Gasteiger partial charge on any atom is 0.407 e. The minimum atomic E-state index is -1.16. The number of ether oxygens (including phenoxy) is 1. The fourth-order valence-electron chi connectivity index (χ4n) is 5.01. The number of amides is 3. The Labute approximate surface area is 239 Å². The summed E-state index contributed by atoms with van der Waals surface area (Å²) in [6, 6.07) is 21.8. The van der Waals surface area contributed by atoms with Crippen molar-refractivity contribution in [1.82, 2.24) is 16.0 Å². The van der Waals surface area contributed by atoms with E-state index >= 15 is 0 Å². The lowest BCUT2D eigenvalue weighted by Gasteiger charge is -2.24. The molecular formula is C32H35N3O6. The number of benzene rings is 3. The molecule has 1 aliphatic carbocycles. The fraction of sp³-hybridized carbons (Fsp3) is 0.312. The zero-order valence-electron chi connectivity index (χ0n) is 23.3. The minimum Gasteiger partial charge on any atom is -0.480 e. The van der Waals surface area contributed by atoms with E-state index in [-0.39, 0.29) is 24.9 Å². The predicted octanol–water partition coefficient (Wildman–Crippen LogP) is 3.87. The molecular weight excluding hydrogens is 522 g/mol. The molecule has 0 saturated carbocycles. The van der Waals surface area contributed by atoms with E-state index in [0.717, 1.165) is 27.8 Å². The van der Waals surface area contributed by atoms with Crippen molar-refractivity contribution in [3.8, 4) is 11.1 Å². The van der Waals surface area contributed by atoms with Crippen molar-refractivity contribution in [2.24, 2.45) is 5.92 Å². The first kappa shape index (κ1) is 29.3. The van der Waals surface area contributed by atoms with Gasteiger partial charge < -0.3 is 25.8 Å². The molecule has 1 aliphatic rings. The first-order chi connectivity index (χ1) is 19.7. The van der Waals surface area contributed by atoms with Crippen LogP contribution in [0.4, 0.5) is 4.79 Å². The quantitative estimate of drug-likeness (QED) is 0.283. The molecule has 0 bridgehead atoms. The molecule has 0 saturated heterocycles. The number of carbonyl (C=O) groups is 4. The second-order valence-electron chi connectivity index (χ2n) is 10.5. The van der Waals surface area contributed by atoms with E-state index in [1.165, 1.54) is 6.92 Å². The minimum absolute atomic E-state index is 0.0962. The Bertz CT molecular complexity index is 1360. The van der Waals surface area contributed by atoms with Gasteiger partial charge in [0.1, 0.15) is 24.7 Å². The number of fused-ring (bicyclic) bond motifs is 3. The largest absolute Gasteiger partial charge is 0.480 e. The van der Waals surface area contributed by atoms with E-state index in [9.17, 15) is 24.3 Å². The molecule has 0 heterocycles. The first-order valence-corrected chi connectivity index (χ1v) is 13.6. The summed E-state index contributed by atoms with van der Waals surface area (Å²) >= 11 is 0. The molecule has 3 aromatic carbocycles. The molecule has 0 aromatic heterocycles. The highest BCUT2D eigenvalue weighted by molar-refractivity contribution is 5.93. The van der Waals surface area contributed by atoms with Crippen LogP contribution in [0.25, 0.3) is 11.1 Å². The van der Waals surface area contributed by atoms with Crippen LogP contribution in [0.2, 0.25) is 0 Å². The van der Waals surface area contributed by atoms with Gasteiger partial charge in [-0.05, 0) is 40.7 Å². The molecule has 0 unspecified atom stereocenters. The molecule has 9 heteroatoms. The molecule has 0 radical (unpaired) electrons. The summed E-state index contributed by atoms with van der Waals surface area (Å²) in [5, 5.41) is 17.2. The Morgan fingerprint density at radius 3 is 1.88 bits per heavy atom. The summed E-state index contributed by atoms with van der Waals surface area (Å²) < 4.78 is 5.54. The van der Waals surface area contributed by atoms with Crippen LogP contribution in [0, 0.1) is 5.92 Å². The van der Waals surface area contributed by atoms with E-state index in [4.69, 9.17) is 4.74 Å². The highest BCUT2D eigenvalue weighted by Gasteiger charge is 2.31. The Hall–Kier alpha value is -4.66. The molecule has 4 rings (SSSR count). The van der Waals surface area contributed by atoms with Gasteiger partial charge in [-0.3, -0.25) is 9.59 Å². The van der Waals surface area contributed by atoms with Crippen LogP contribution < -0.4 is 16.0 Å². The zero-order valence-corrected chi connectivity index (χ0v) is 23.3. The average molecular weight is 558 g/mol. The molecule has 0 fully saturated rings. The Kier molecular flexibility index (Phi) is 9.39. The lowest BCUT2D eigenvalue weighted by molar-refractivity contribution is -0.143. The molecule has 214 valence electrons. The number of carbonyl (C=O) groups excluding carboxylic acids is 3. The Morgan fingerprint density at radius 2 is 1.32 bits per heavy atom. The molecule has 0 spiro atoms. The van der Waals surface area contributed by atoms with Crippen molar-refractivity contribution in [2.75, 3.05) is 6.61 Å². The van der Waals surface area contributed by atoms with Crippen molar-refractivity contribution in [3.05, 3.63) is 95.6 Å². The van der Waals surface area contributed by atoms with Crippen molar-refractivity contribution in [1.29, 1.82) is 0 Å². The molecule has 3 amide bonds. The molecule has 4 N–H and O–H groups in total. The number of nitrogens with one attached hydrogen (secondary N) is 3. The third-order valence-electron chi connectivity index (χ3n) is 7.22. The van der Waals surface area contributed by atoms with Crippen LogP contribution in [0.1, 0.15) is 43.4 Å². The van der Waals surface area contributed by atoms with Gasteiger partial charge in [-0.1, -0.05) is 92.7 Å². The van der Waals surface area contributed by atoms with Gasteiger partial charge >= 0.3 is 12.1 Å². The summed E-state index contributed by atoms with van der Waals surface area (Å²) in [5.41, 5.74) is 5.14. The zero-order chi connectivity index (χ0) is 29.5. The maximum absolute atomic E-state index is 13.1. The SMILES string of the molecule is CC(C)[C@H](NC(=O)[C@H](Cc1ccccc1)NC(=O)[C@H](C)NC(=O)OCC1c2ccccc2-c2ccccc21)C(=O)O. The maximum atomic E-state index is 13.1. The van der Waals surface area contributed by atoms with Crippen molar-refractivity contribution >= 4 is 23.9 Å². The summed E-state index contributed by atoms with van der Waals surface area (Å²) in [6.07, 6.45) is -0.620. The van der Waals surface area contributed by atoms with Gasteiger partial charge in [0.25, 0.3) is 0 Å². The lowest BCUT2D eigenvalue weighted by atomic mass is 9.98. The number of carboxylic acid groups (broad SMARTS) is 1. The van der Waals surface area contributed by atoms with Gasteiger partial charge in [0, 0.05) is 12.3 Å². The van der Waals surface area contributed by atoms with Crippen LogP contribution in [-0.2, 0) is 25.5 Å². The normalized spacial score (nSPS) is 14.2. The van der Waals surface area contributed by atoms with Crippen LogP contribution >= 0.6 is 0 Å². The van der Waals surface area contributed by atoms with E-state index in [1.807, 2.05) is 78.9 Å². The van der Waals surface area contributed by atoms with Gasteiger partial charge in [-0.2, -0.15) is 0 Å². The Balaban J connectivity index is 1.38. The smallest absolute Gasteiger partial charge is 0.407 e. The summed E-state index contributed by atoms with van der Waals surface area (Å²) in [5.74, 6) is -2.89. The number of carboxylic acids is 1. The molecule has 9 nitrogen and oxygen atoms in total. The first-order valence-electron chi connectivity index (χ1n) is 13.6. The van der Waals surface area contributed by atoms with Gasteiger partial charge in [-0.15, -0.1) is 0 Å². The van der Waals surface area contributed by atoms with Crippen molar-refractivity contribution in [2.45, 2.75) is 51.2 Å². The van der Waals surface area contributed by atoms with Gasteiger partial charge in [0.2, 0.25) is 11.8 Å². The third kappa shape index (κ3) is 7.11. The second-order valence-corrected chi connectivity index (χ2v) is 10.5. The van der Waals surface area contributed by atoms with Crippen molar-refractivity contribution < 1.29 is 29.0 Å². The number of aliphatic carboxylic acids is 1. The number of hydrogen-bond acceptors (Lipinski definition) is 5. The van der Waals surface area contributed by atoms with Crippen molar-refractivity contribution in [3.63, 3.8) is 0 Å². The molecule has 3 aromatic rings. The van der Waals surface area contributed by atoms with Crippen LogP contribution in [0.3, 0.4) is 0 Å². The monoisotopic (exact) mass is 557 g/mol. The van der Waals surface area contributed by atoms with E-state index in [2.05, 4.69) is 16.0 Å². The second kappa shape index (κ2) is 13.1. The summed E-state index contributed by atoms with van der Waals surface area (Å²) in [6.45, 7) is 4.95. The molecule has 3 atom stereocenters. The number of rotatable bonds is 11. The number of alkyl carbamates (subject to hydrolysis) is 1. The van der Waals surface area contributed by atoms with Crippen LogP contribution in [0.15, 0.2) is 78.9 Å². The highest BCUT2D eigenvalue weighted by atomic mass is 16.5. The van der Waals surface area contributed by atoms with Crippen LogP contribution in [0.5, 0.6) is 0 Å². The Morgan fingerprint density at radius 1 is 0.756 bits per heavy atom. The highest BCUT2D eigenvalue weighted by Crippen LogP contribution is 2.44. The average Bonchev–Trinajstić information content (AvgIpc) is 3.28. The molecule has 41 heavy (non-hydrogen) atoms. The predicted molar refractivity (Wildman–Crippen MR) is 154 cm³/mol. The lowest BCUT2D eigenvalue weighted by Crippen LogP contribution is -2.56. The summed E-state index contributed by atoms with van der Waals surface area (Å²) in [7, 11) is 0. The van der Waals surface area contributed by atoms with Gasteiger partial charge in [0.15, 0.2) is 0 Å². The van der Waals surface area contributed by atoms with Crippen LogP contribution in [-0.4, -0.2) is 53.7 Å². The third-order valence-corrected chi connectivity index (χ3v) is 7.22. The summed E-state index contributed by atoms with van der Waals surface area (Å²) in [4.78, 5) is 50.5. The van der Waals surface area contributed by atoms with E-state index < -0.39 is 42.0 Å². The van der Waals surface area contributed by atoms with Gasteiger partial charge in [-0.25, -0.2) is 9.59 Å². The van der Waals surface area contributed by atoms with Gasteiger partial charge in [0.05, 0.1) is 0 Å². The standard InChI is InChI=1S/C32H35N3O6/c1-19(2)28(31(38)39)35-30(37)27(17-21-11-5-4-6-12-21)34-29(36)20(3)33-32(40)41-18-26-24-15-9-7-13-22(24)23-14-8-10-16-25(23)26/h4-16,19-20,26-28H,17-18H2,1-3H3,(H,33,40)(H,34,36)(H,35,37)(H,38,39)/t20-,27-,28-/m0/s1. The van der Waals surface area contributed by atoms with E-state index in [0.29, 0.717) is 0 Å². The fourth-order valence-corrected chi connectivity index (χ4v) is 5.01. The molecule has 0 aliphatic heterocycles.